The topological polar surface area (TPSA) is 55.1 Å². The van der Waals surface area contributed by atoms with Crippen LogP contribution >= 0.6 is 0 Å². The summed E-state index contributed by atoms with van der Waals surface area (Å²) in [7, 11) is 0. The van der Waals surface area contributed by atoms with Gasteiger partial charge in [0.05, 0.1) is 0 Å². The predicted octanol–water partition coefficient (Wildman–Crippen LogP) is 2.97. The second kappa shape index (κ2) is 6.19. The highest BCUT2D eigenvalue weighted by molar-refractivity contribution is 5.93. The van der Waals surface area contributed by atoms with Crippen LogP contribution in [-0.4, -0.2) is 11.9 Å². The number of halogens is 1. The first-order chi connectivity index (χ1) is 9.54. The number of nitrogens with one attached hydrogen (secondary N) is 1. The number of primary amides is 1. The molecule has 0 fully saturated rings. The molecule has 0 bridgehead atoms. The largest absolute Gasteiger partial charge is 0.382 e. The zero-order chi connectivity index (χ0) is 14.5. The average molecular weight is 272 g/mol. The first-order valence-electron chi connectivity index (χ1n) is 6.45. The second-order valence-corrected chi connectivity index (χ2v) is 4.82. The van der Waals surface area contributed by atoms with E-state index >= 15 is 0 Å². The Kier molecular flexibility index (Phi) is 4.35. The van der Waals surface area contributed by atoms with Gasteiger partial charge in [-0.15, -0.1) is 0 Å². The molecule has 0 aliphatic rings. The number of benzene rings is 2. The number of anilines is 1. The highest BCUT2D eigenvalue weighted by Crippen LogP contribution is 2.14. The van der Waals surface area contributed by atoms with E-state index in [4.69, 9.17) is 5.73 Å². The van der Waals surface area contributed by atoms with Crippen LogP contribution in [0, 0.1) is 5.82 Å². The maximum atomic E-state index is 12.8. The Morgan fingerprint density at radius 2 is 1.95 bits per heavy atom. The van der Waals surface area contributed by atoms with E-state index in [1.807, 2.05) is 13.0 Å². The van der Waals surface area contributed by atoms with Gasteiger partial charge in [-0.05, 0) is 49.2 Å². The van der Waals surface area contributed by atoms with Gasteiger partial charge in [0.25, 0.3) is 0 Å². The van der Waals surface area contributed by atoms with Crippen LogP contribution < -0.4 is 11.1 Å². The standard InChI is InChI=1S/C16H17FN2O/c1-11(9-12-5-7-14(17)8-6-12)19-15-4-2-3-13(10-15)16(18)20/h2-8,10-11,19H,9H2,1H3,(H2,18,20). The van der Waals surface area contributed by atoms with Crippen LogP contribution in [0.1, 0.15) is 22.8 Å². The Bertz CT molecular complexity index is 596. The summed E-state index contributed by atoms with van der Waals surface area (Å²) in [5, 5.41) is 3.30. The van der Waals surface area contributed by atoms with E-state index in [-0.39, 0.29) is 11.9 Å². The van der Waals surface area contributed by atoms with E-state index < -0.39 is 5.91 Å². The van der Waals surface area contributed by atoms with Crippen molar-refractivity contribution in [2.75, 3.05) is 5.32 Å². The van der Waals surface area contributed by atoms with E-state index in [1.165, 1.54) is 12.1 Å². The summed E-state index contributed by atoms with van der Waals surface area (Å²) in [6.07, 6.45) is 0.765. The first kappa shape index (κ1) is 14.1. The summed E-state index contributed by atoms with van der Waals surface area (Å²) >= 11 is 0. The van der Waals surface area contributed by atoms with Gasteiger partial charge in [0, 0.05) is 17.3 Å². The normalized spacial score (nSPS) is 11.9. The van der Waals surface area contributed by atoms with Crippen LogP contribution in [0.3, 0.4) is 0 Å². The third-order valence-corrected chi connectivity index (χ3v) is 3.02. The molecule has 3 nitrogen and oxygen atoms in total. The smallest absolute Gasteiger partial charge is 0.248 e. The molecular formula is C16H17FN2O. The van der Waals surface area contributed by atoms with Gasteiger partial charge in [0.15, 0.2) is 0 Å². The number of carbonyl (C=O) groups is 1. The highest BCUT2D eigenvalue weighted by Gasteiger charge is 2.06. The van der Waals surface area contributed by atoms with E-state index in [2.05, 4.69) is 5.32 Å². The molecule has 0 radical (unpaired) electrons. The van der Waals surface area contributed by atoms with Gasteiger partial charge in [-0.25, -0.2) is 4.39 Å². The number of carbonyl (C=O) groups excluding carboxylic acids is 1. The summed E-state index contributed by atoms with van der Waals surface area (Å²) in [5.74, 6) is -0.677. The molecular weight excluding hydrogens is 255 g/mol. The summed E-state index contributed by atoms with van der Waals surface area (Å²) in [4.78, 5) is 11.1. The molecule has 0 saturated heterocycles. The van der Waals surface area contributed by atoms with Crippen LogP contribution in [0.4, 0.5) is 10.1 Å². The lowest BCUT2D eigenvalue weighted by Crippen LogP contribution is -2.19. The van der Waals surface area contributed by atoms with E-state index in [0.29, 0.717) is 5.56 Å². The molecule has 0 aliphatic carbocycles. The fourth-order valence-corrected chi connectivity index (χ4v) is 2.07. The Morgan fingerprint density at radius 1 is 1.25 bits per heavy atom. The van der Waals surface area contributed by atoms with Gasteiger partial charge < -0.3 is 11.1 Å². The molecule has 0 heterocycles. The van der Waals surface area contributed by atoms with Gasteiger partial charge in [-0.3, -0.25) is 4.79 Å². The predicted molar refractivity (Wildman–Crippen MR) is 78.1 cm³/mol. The van der Waals surface area contributed by atoms with Gasteiger partial charge in [0.2, 0.25) is 5.91 Å². The third-order valence-electron chi connectivity index (χ3n) is 3.02. The highest BCUT2D eigenvalue weighted by atomic mass is 19.1. The Morgan fingerprint density at radius 3 is 2.60 bits per heavy atom. The molecule has 1 amide bonds. The van der Waals surface area contributed by atoms with Crippen molar-refractivity contribution in [1.82, 2.24) is 0 Å². The van der Waals surface area contributed by atoms with Crippen LogP contribution in [0.5, 0.6) is 0 Å². The van der Waals surface area contributed by atoms with Crippen molar-refractivity contribution in [2.45, 2.75) is 19.4 Å². The number of amides is 1. The van der Waals surface area contributed by atoms with Gasteiger partial charge in [-0.2, -0.15) is 0 Å². The first-order valence-corrected chi connectivity index (χ1v) is 6.45. The van der Waals surface area contributed by atoms with Crippen molar-refractivity contribution in [3.05, 3.63) is 65.5 Å². The molecule has 104 valence electrons. The fraction of sp³-hybridized carbons (Fsp3) is 0.188. The summed E-state index contributed by atoms with van der Waals surface area (Å²) < 4.78 is 12.8. The van der Waals surface area contributed by atoms with Crippen LogP contribution in [0.15, 0.2) is 48.5 Å². The molecule has 20 heavy (non-hydrogen) atoms. The SMILES string of the molecule is CC(Cc1ccc(F)cc1)Nc1cccc(C(N)=O)c1. The molecule has 3 N–H and O–H groups in total. The Balaban J connectivity index is 2.00. The zero-order valence-electron chi connectivity index (χ0n) is 11.3. The molecule has 1 unspecified atom stereocenters. The molecule has 0 aliphatic heterocycles. The van der Waals surface area contributed by atoms with E-state index in [1.54, 1.807) is 30.3 Å². The average Bonchev–Trinajstić information content (AvgIpc) is 2.41. The van der Waals surface area contributed by atoms with Crippen molar-refractivity contribution in [2.24, 2.45) is 5.73 Å². The minimum atomic E-state index is -0.445. The molecule has 2 aromatic carbocycles. The van der Waals surface area contributed by atoms with Crippen LogP contribution in [0.25, 0.3) is 0 Å². The fourth-order valence-electron chi connectivity index (χ4n) is 2.07. The summed E-state index contributed by atoms with van der Waals surface area (Å²) in [5.41, 5.74) is 7.62. The Labute approximate surface area is 117 Å². The number of nitrogens with two attached hydrogens (primary N) is 1. The Hall–Kier alpha value is -2.36. The van der Waals surface area contributed by atoms with Crippen LogP contribution in [0.2, 0.25) is 0 Å². The van der Waals surface area contributed by atoms with Crippen molar-refractivity contribution < 1.29 is 9.18 Å². The monoisotopic (exact) mass is 272 g/mol. The van der Waals surface area contributed by atoms with Gasteiger partial charge in [0.1, 0.15) is 5.82 Å². The van der Waals surface area contributed by atoms with Crippen LogP contribution in [-0.2, 0) is 6.42 Å². The zero-order valence-corrected chi connectivity index (χ0v) is 11.3. The summed E-state index contributed by atoms with van der Waals surface area (Å²) in [6, 6.07) is 13.7. The number of hydrogen-bond donors (Lipinski definition) is 2. The number of hydrogen-bond acceptors (Lipinski definition) is 2. The maximum Gasteiger partial charge on any atom is 0.248 e. The van der Waals surface area contributed by atoms with Gasteiger partial charge in [-0.1, -0.05) is 18.2 Å². The molecule has 0 aromatic heterocycles. The summed E-state index contributed by atoms with van der Waals surface area (Å²) in [6.45, 7) is 2.03. The molecule has 0 saturated carbocycles. The lowest BCUT2D eigenvalue weighted by atomic mass is 10.1. The minimum Gasteiger partial charge on any atom is -0.382 e. The van der Waals surface area contributed by atoms with Crippen molar-refractivity contribution in [3.63, 3.8) is 0 Å². The number of rotatable bonds is 5. The molecule has 2 aromatic rings. The third kappa shape index (κ3) is 3.82. The van der Waals surface area contributed by atoms with Crippen molar-refractivity contribution in [1.29, 1.82) is 0 Å². The molecule has 1 atom stereocenters. The molecule has 2 rings (SSSR count). The quantitative estimate of drug-likeness (QED) is 0.879. The van der Waals surface area contributed by atoms with Gasteiger partial charge >= 0.3 is 0 Å². The lowest BCUT2D eigenvalue weighted by molar-refractivity contribution is 0.100. The molecule has 0 spiro atoms. The lowest BCUT2D eigenvalue weighted by Gasteiger charge is -2.15. The molecule has 4 heteroatoms. The van der Waals surface area contributed by atoms with Crippen molar-refractivity contribution in [3.8, 4) is 0 Å². The maximum absolute atomic E-state index is 12.8. The van der Waals surface area contributed by atoms with E-state index in [0.717, 1.165) is 17.7 Å². The van der Waals surface area contributed by atoms with Crippen molar-refractivity contribution >= 4 is 11.6 Å². The minimum absolute atomic E-state index is 0.156. The second-order valence-electron chi connectivity index (χ2n) is 4.82. The van der Waals surface area contributed by atoms with E-state index in [9.17, 15) is 9.18 Å².